The van der Waals surface area contributed by atoms with E-state index in [4.69, 9.17) is 4.74 Å². The van der Waals surface area contributed by atoms with Crippen LogP contribution in [0.25, 0.3) is 16.5 Å². The van der Waals surface area contributed by atoms with Crippen molar-refractivity contribution in [1.29, 1.82) is 0 Å². The van der Waals surface area contributed by atoms with Crippen molar-refractivity contribution in [2.75, 3.05) is 33.3 Å². The number of ether oxygens (including phenoxy) is 1. The minimum Gasteiger partial charge on any atom is -0.507 e. The lowest BCUT2D eigenvalue weighted by Gasteiger charge is -2.27. The first kappa shape index (κ1) is 23.0. The molecule has 2 heterocycles. The number of rotatable bonds is 8. The molecule has 0 saturated carbocycles. The molecule has 0 radical (unpaired) electrons. The maximum absolute atomic E-state index is 13.1. The maximum atomic E-state index is 13.1. The number of carbonyl (C=O) groups is 2. The lowest BCUT2D eigenvalue weighted by atomic mass is 9.98. The first-order valence-electron chi connectivity index (χ1n) is 11.1. The second-order valence-corrected chi connectivity index (χ2v) is 8.94. The standard InChI is InChI=1S/C26H28N2O4S/c1-4-27(5-2)12-13-28-23(21-7-6-14-33-21)22(25(30)26(28)31)24(29)19-9-8-18-16-20(32-3)11-10-17(18)15-19/h6-11,14-16,23,29H,4-5,12-13H2,1-3H3/b24-22+. The van der Waals surface area contributed by atoms with E-state index >= 15 is 0 Å². The number of amides is 1. The predicted molar refractivity (Wildman–Crippen MR) is 132 cm³/mol. The Labute approximate surface area is 197 Å². The highest BCUT2D eigenvalue weighted by molar-refractivity contribution is 7.10. The van der Waals surface area contributed by atoms with Crippen LogP contribution in [0, 0.1) is 0 Å². The van der Waals surface area contributed by atoms with Gasteiger partial charge in [-0.15, -0.1) is 11.3 Å². The van der Waals surface area contributed by atoms with E-state index in [0.29, 0.717) is 18.7 Å². The molecule has 33 heavy (non-hydrogen) atoms. The van der Waals surface area contributed by atoms with Crippen molar-refractivity contribution in [3.05, 3.63) is 69.9 Å². The zero-order valence-electron chi connectivity index (χ0n) is 19.1. The van der Waals surface area contributed by atoms with Gasteiger partial charge in [0.2, 0.25) is 0 Å². The van der Waals surface area contributed by atoms with Crippen LogP contribution in [-0.4, -0.2) is 59.9 Å². The average molecular weight is 465 g/mol. The Morgan fingerprint density at radius 1 is 1.09 bits per heavy atom. The topological polar surface area (TPSA) is 70.1 Å². The molecule has 1 N–H and O–H groups in total. The van der Waals surface area contributed by atoms with E-state index in [1.54, 1.807) is 18.1 Å². The summed E-state index contributed by atoms with van der Waals surface area (Å²) in [5.74, 6) is -0.598. The Morgan fingerprint density at radius 2 is 1.82 bits per heavy atom. The first-order chi connectivity index (χ1) is 16.0. The minimum atomic E-state index is -0.639. The third-order valence-electron chi connectivity index (χ3n) is 6.23. The number of methoxy groups -OCH3 is 1. The Balaban J connectivity index is 1.77. The third kappa shape index (κ3) is 4.38. The summed E-state index contributed by atoms with van der Waals surface area (Å²) in [5, 5.41) is 15.1. The first-order valence-corrected chi connectivity index (χ1v) is 12.0. The van der Waals surface area contributed by atoms with Crippen molar-refractivity contribution in [3.8, 4) is 5.75 Å². The molecule has 1 aliphatic rings. The van der Waals surface area contributed by atoms with Crippen LogP contribution in [0.3, 0.4) is 0 Å². The molecule has 1 aliphatic heterocycles. The van der Waals surface area contributed by atoms with Crippen LogP contribution in [0.2, 0.25) is 0 Å². The van der Waals surface area contributed by atoms with Gasteiger partial charge in [-0.2, -0.15) is 0 Å². The van der Waals surface area contributed by atoms with Crippen LogP contribution >= 0.6 is 11.3 Å². The summed E-state index contributed by atoms with van der Waals surface area (Å²) in [6, 6.07) is 14.4. The van der Waals surface area contributed by atoms with E-state index in [-0.39, 0.29) is 11.3 Å². The molecule has 1 aromatic heterocycles. The molecular formula is C26H28N2O4S. The molecule has 1 amide bonds. The highest BCUT2D eigenvalue weighted by Gasteiger charge is 2.46. The van der Waals surface area contributed by atoms with Gasteiger partial charge in [0.25, 0.3) is 11.7 Å². The molecule has 7 heteroatoms. The smallest absolute Gasteiger partial charge is 0.295 e. The molecule has 172 valence electrons. The van der Waals surface area contributed by atoms with Gasteiger partial charge in [-0.25, -0.2) is 0 Å². The molecule has 0 aliphatic carbocycles. The van der Waals surface area contributed by atoms with Crippen LogP contribution < -0.4 is 4.74 Å². The van der Waals surface area contributed by atoms with E-state index in [1.807, 2.05) is 47.8 Å². The number of carbonyl (C=O) groups excluding carboxylic acids is 2. The van der Waals surface area contributed by atoms with Gasteiger partial charge in [0, 0.05) is 23.5 Å². The van der Waals surface area contributed by atoms with E-state index < -0.39 is 17.7 Å². The number of hydrogen-bond acceptors (Lipinski definition) is 6. The fourth-order valence-electron chi connectivity index (χ4n) is 4.30. The summed E-state index contributed by atoms with van der Waals surface area (Å²) in [5.41, 5.74) is 0.658. The molecule has 4 rings (SSSR count). The lowest BCUT2D eigenvalue weighted by Crippen LogP contribution is -2.37. The van der Waals surface area contributed by atoms with E-state index in [1.165, 1.54) is 11.3 Å². The number of fused-ring (bicyclic) bond motifs is 1. The Hall–Kier alpha value is -3.16. The molecule has 1 saturated heterocycles. The van der Waals surface area contributed by atoms with Gasteiger partial charge < -0.3 is 19.6 Å². The van der Waals surface area contributed by atoms with E-state index in [0.717, 1.165) is 34.5 Å². The van der Waals surface area contributed by atoms with Crippen molar-refractivity contribution in [3.63, 3.8) is 0 Å². The van der Waals surface area contributed by atoms with Crippen molar-refractivity contribution in [2.45, 2.75) is 19.9 Å². The Morgan fingerprint density at radius 3 is 2.48 bits per heavy atom. The molecule has 1 fully saturated rings. The number of aliphatic hydroxyl groups excluding tert-OH is 1. The van der Waals surface area contributed by atoms with Gasteiger partial charge >= 0.3 is 0 Å². The van der Waals surface area contributed by atoms with E-state index in [9.17, 15) is 14.7 Å². The third-order valence-corrected chi connectivity index (χ3v) is 7.15. The lowest BCUT2D eigenvalue weighted by molar-refractivity contribution is -0.140. The van der Waals surface area contributed by atoms with Crippen LogP contribution in [0.1, 0.15) is 30.3 Å². The highest BCUT2D eigenvalue weighted by Crippen LogP contribution is 2.41. The monoisotopic (exact) mass is 464 g/mol. The number of likely N-dealkylation sites (N-methyl/N-ethyl adjacent to an activating group) is 1. The molecule has 6 nitrogen and oxygen atoms in total. The second-order valence-electron chi connectivity index (χ2n) is 7.96. The van der Waals surface area contributed by atoms with Crippen LogP contribution in [0.4, 0.5) is 0 Å². The largest absolute Gasteiger partial charge is 0.507 e. The average Bonchev–Trinajstić information content (AvgIpc) is 3.46. The summed E-state index contributed by atoms with van der Waals surface area (Å²) >= 11 is 1.48. The molecule has 2 aromatic carbocycles. The summed E-state index contributed by atoms with van der Waals surface area (Å²) < 4.78 is 5.28. The molecule has 1 unspecified atom stereocenters. The molecule has 0 bridgehead atoms. The van der Waals surface area contributed by atoms with Gasteiger partial charge in [-0.3, -0.25) is 9.59 Å². The number of hydrogen-bond donors (Lipinski definition) is 1. The van der Waals surface area contributed by atoms with Crippen molar-refractivity contribution in [2.24, 2.45) is 0 Å². The SMILES string of the molecule is CCN(CC)CCN1C(=O)C(=O)/C(=C(/O)c2ccc3cc(OC)ccc3c2)C1c1cccs1. The van der Waals surface area contributed by atoms with Gasteiger partial charge in [-0.1, -0.05) is 38.1 Å². The van der Waals surface area contributed by atoms with Crippen LogP contribution in [0.15, 0.2) is 59.5 Å². The normalized spacial score (nSPS) is 17.9. The summed E-state index contributed by atoms with van der Waals surface area (Å²) in [7, 11) is 1.62. The van der Waals surface area contributed by atoms with Gasteiger partial charge in [-0.05, 0) is 53.5 Å². The highest BCUT2D eigenvalue weighted by atomic mass is 32.1. The van der Waals surface area contributed by atoms with Crippen LogP contribution in [0.5, 0.6) is 5.75 Å². The number of nitrogens with zero attached hydrogens (tertiary/aromatic N) is 2. The Bertz CT molecular complexity index is 1200. The predicted octanol–water partition coefficient (Wildman–Crippen LogP) is 4.67. The summed E-state index contributed by atoms with van der Waals surface area (Å²) in [4.78, 5) is 30.8. The Kier molecular flexibility index (Phi) is 6.81. The van der Waals surface area contributed by atoms with Gasteiger partial charge in [0.15, 0.2) is 0 Å². The van der Waals surface area contributed by atoms with Crippen molar-refractivity contribution in [1.82, 2.24) is 9.80 Å². The zero-order chi connectivity index (χ0) is 23.5. The number of benzene rings is 2. The van der Waals surface area contributed by atoms with Gasteiger partial charge in [0.1, 0.15) is 11.5 Å². The number of aliphatic hydroxyl groups is 1. The molecule has 0 spiro atoms. The summed E-state index contributed by atoms with van der Waals surface area (Å²) in [6.45, 7) is 6.97. The quantitative estimate of drug-likeness (QED) is 0.298. The second kappa shape index (κ2) is 9.77. The van der Waals surface area contributed by atoms with E-state index in [2.05, 4.69) is 18.7 Å². The number of Topliss-reactive ketones (excluding diaryl/α,β-unsaturated/α-hetero) is 1. The fraction of sp³-hybridized carbons (Fsp3) is 0.308. The van der Waals surface area contributed by atoms with Crippen molar-refractivity contribution >= 4 is 39.6 Å². The maximum Gasteiger partial charge on any atom is 0.295 e. The zero-order valence-corrected chi connectivity index (χ0v) is 19.9. The number of likely N-dealkylation sites (tertiary alicyclic amines) is 1. The summed E-state index contributed by atoms with van der Waals surface area (Å²) in [6.07, 6.45) is 0. The molecular weight excluding hydrogens is 436 g/mol. The van der Waals surface area contributed by atoms with Crippen molar-refractivity contribution < 1.29 is 19.4 Å². The number of thiophene rings is 1. The van der Waals surface area contributed by atoms with Gasteiger partial charge in [0.05, 0.1) is 18.7 Å². The van der Waals surface area contributed by atoms with Crippen LogP contribution in [-0.2, 0) is 9.59 Å². The minimum absolute atomic E-state index is 0.144. The fourth-order valence-corrected chi connectivity index (χ4v) is 5.14. The molecule has 1 atom stereocenters. The molecule has 3 aromatic rings. The number of ketones is 1.